The zero-order valence-electron chi connectivity index (χ0n) is 15.6. The Labute approximate surface area is 174 Å². The Morgan fingerprint density at radius 1 is 0.931 bits per heavy atom. The van der Waals surface area contributed by atoms with Crippen LogP contribution in [0.4, 0.5) is 13.2 Å². The van der Waals surface area contributed by atoms with Crippen molar-refractivity contribution in [3.05, 3.63) is 64.3 Å². The molecule has 0 saturated heterocycles. The molecule has 0 N–H and O–H groups in total. The van der Waals surface area contributed by atoms with Gasteiger partial charge in [-0.15, -0.1) is 0 Å². The van der Waals surface area contributed by atoms with Crippen LogP contribution in [0.15, 0.2) is 57.7 Å². The third kappa shape index (κ3) is 5.63. The summed E-state index contributed by atoms with van der Waals surface area (Å²) in [7, 11) is 0. The Kier molecular flexibility index (Phi) is 7.00. The van der Waals surface area contributed by atoms with Gasteiger partial charge in [0.25, 0.3) is 0 Å². The zero-order valence-corrected chi connectivity index (χ0v) is 17.2. The van der Waals surface area contributed by atoms with Crippen LogP contribution in [0.1, 0.15) is 31.2 Å². The first kappa shape index (κ1) is 21.4. The lowest BCUT2D eigenvalue weighted by Gasteiger charge is -2.09. The van der Waals surface area contributed by atoms with Crippen molar-refractivity contribution in [3.8, 4) is 17.1 Å². The first-order chi connectivity index (χ1) is 13.9. The maximum atomic E-state index is 12.7. The van der Waals surface area contributed by atoms with Crippen molar-refractivity contribution in [3.63, 3.8) is 0 Å². The second-order valence-corrected chi connectivity index (χ2v) is 7.45. The zero-order chi connectivity index (χ0) is 20.9. The van der Waals surface area contributed by atoms with Crippen molar-refractivity contribution in [2.45, 2.75) is 31.9 Å². The summed E-state index contributed by atoms with van der Waals surface area (Å²) in [4.78, 5) is 12.5. The van der Waals surface area contributed by atoms with E-state index in [1.54, 1.807) is 18.2 Å². The first-order valence-electron chi connectivity index (χ1n) is 9.33. The minimum atomic E-state index is -4.41. The lowest BCUT2D eigenvalue weighted by molar-refractivity contribution is -0.137. The predicted octanol–water partition coefficient (Wildman–Crippen LogP) is 6.81. The van der Waals surface area contributed by atoms with Crippen LogP contribution in [0.2, 0.25) is 0 Å². The van der Waals surface area contributed by atoms with Gasteiger partial charge < -0.3 is 9.15 Å². The number of hydrogen-bond donors (Lipinski definition) is 0. The molecular weight excluding hydrogens is 449 g/mol. The molecule has 2 aromatic carbocycles. The number of alkyl halides is 4. The van der Waals surface area contributed by atoms with Gasteiger partial charge in [-0.3, -0.25) is 4.79 Å². The number of benzene rings is 2. The van der Waals surface area contributed by atoms with Crippen LogP contribution in [0, 0.1) is 0 Å². The van der Waals surface area contributed by atoms with E-state index in [0.717, 1.165) is 43.1 Å². The van der Waals surface area contributed by atoms with Gasteiger partial charge in [0, 0.05) is 17.0 Å². The summed E-state index contributed by atoms with van der Waals surface area (Å²) in [5.74, 6) is 0.809. The van der Waals surface area contributed by atoms with Gasteiger partial charge in [0.2, 0.25) is 0 Å². The van der Waals surface area contributed by atoms with Crippen LogP contribution < -0.4 is 10.2 Å². The van der Waals surface area contributed by atoms with Crippen LogP contribution in [-0.2, 0) is 6.18 Å². The summed E-state index contributed by atoms with van der Waals surface area (Å²) < 4.78 is 49.6. The Balaban J connectivity index is 1.75. The first-order valence-corrected chi connectivity index (χ1v) is 10.4. The number of unbranched alkanes of at least 4 members (excludes halogenated alkanes) is 3. The maximum Gasteiger partial charge on any atom is 0.416 e. The van der Waals surface area contributed by atoms with Gasteiger partial charge in [0.15, 0.2) is 5.43 Å². The smallest absolute Gasteiger partial charge is 0.416 e. The molecule has 0 aliphatic rings. The van der Waals surface area contributed by atoms with Crippen molar-refractivity contribution in [1.29, 1.82) is 0 Å². The third-order valence-corrected chi connectivity index (χ3v) is 5.05. The van der Waals surface area contributed by atoms with Crippen molar-refractivity contribution >= 4 is 26.9 Å². The monoisotopic (exact) mass is 468 g/mol. The average Bonchev–Trinajstić information content (AvgIpc) is 2.70. The van der Waals surface area contributed by atoms with E-state index >= 15 is 0 Å². The minimum Gasteiger partial charge on any atom is -0.494 e. The number of fused-ring (bicyclic) bond motifs is 1. The fraction of sp³-hybridized carbons (Fsp3) is 0.318. The number of halogens is 4. The molecule has 0 bridgehead atoms. The minimum absolute atomic E-state index is 0.219. The summed E-state index contributed by atoms with van der Waals surface area (Å²) in [6.45, 7) is 0.572. The summed E-state index contributed by atoms with van der Waals surface area (Å²) in [6, 6.07) is 10.8. The Hall–Kier alpha value is -2.28. The fourth-order valence-corrected chi connectivity index (χ4v) is 3.33. The molecule has 3 aromatic rings. The number of ether oxygens (including phenoxy) is 1. The molecule has 0 aliphatic carbocycles. The average molecular weight is 469 g/mol. The van der Waals surface area contributed by atoms with Crippen LogP contribution >= 0.6 is 15.9 Å². The molecule has 29 heavy (non-hydrogen) atoms. The molecule has 0 radical (unpaired) electrons. The number of rotatable bonds is 8. The van der Waals surface area contributed by atoms with Crippen LogP contribution in [0.5, 0.6) is 5.75 Å². The molecule has 0 fully saturated rings. The van der Waals surface area contributed by atoms with Crippen LogP contribution in [-0.4, -0.2) is 11.9 Å². The largest absolute Gasteiger partial charge is 0.494 e. The number of hydrogen-bond acceptors (Lipinski definition) is 3. The lowest BCUT2D eigenvalue weighted by Crippen LogP contribution is -2.04. The van der Waals surface area contributed by atoms with E-state index < -0.39 is 11.7 Å². The molecule has 154 valence electrons. The standard InChI is InChI=1S/C22H20BrF3O3/c23-11-3-1-2-4-12-28-17-9-10-20-18(13-17)19(27)14-21(29-20)15-5-7-16(8-6-15)22(24,25)26/h5-10,13-14H,1-4,11-12H2. The second kappa shape index (κ2) is 9.48. The lowest BCUT2D eigenvalue weighted by atomic mass is 10.1. The van der Waals surface area contributed by atoms with Gasteiger partial charge in [-0.1, -0.05) is 40.9 Å². The van der Waals surface area contributed by atoms with E-state index in [4.69, 9.17) is 9.15 Å². The van der Waals surface area contributed by atoms with E-state index in [2.05, 4.69) is 15.9 Å². The summed E-state index contributed by atoms with van der Waals surface area (Å²) in [5, 5.41) is 1.38. The van der Waals surface area contributed by atoms with Gasteiger partial charge in [0.05, 0.1) is 17.6 Å². The highest BCUT2D eigenvalue weighted by Gasteiger charge is 2.30. The predicted molar refractivity (Wildman–Crippen MR) is 111 cm³/mol. The quantitative estimate of drug-likeness (QED) is 0.269. The summed E-state index contributed by atoms with van der Waals surface area (Å²) >= 11 is 3.40. The highest BCUT2D eigenvalue weighted by atomic mass is 79.9. The van der Waals surface area contributed by atoms with E-state index in [0.29, 0.717) is 28.9 Å². The maximum absolute atomic E-state index is 12.7. The molecule has 1 heterocycles. The topological polar surface area (TPSA) is 39.4 Å². The van der Waals surface area contributed by atoms with E-state index in [1.165, 1.54) is 18.2 Å². The molecule has 0 aliphatic heterocycles. The summed E-state index contributed by atoms with van der Waals surface area (Å²) in [6.07, 6.45) is -0.113. The fourth-order valence-electron chi connectivity index (χ4n) is 2.93. The molecule has 0 saturated carbocycles. The van der Waals surface area contributed by atoms with E-state index in [-0.39, 0.29) is 11.2 Å². The molecule has 7 heteroatoms. The normalized spacial score (nSPS) is 11.7. The Bertz CT molecular complexity index is 1010. The SMILES string of the molecule is O=c1cc(-c2ccc(C(F)(F)F)cc2)oc2ccc(OCCCCCCBr)cc12. The molecule has 0 spiro atoms. The Morgan fingerprint density at radius 2 is 1.66 bits per heavy atom. The highest BCUT2D eigenvalue weighted by molar-refractivity contribution is 9.09. The van der Waals surface area contributed by atoms with Crippen molar-refractivity contribution < 1.29 is 22.3 Å². The van der Waals surface area contributed by atoms with Crippen molar-refractivity contribution in [2.24, 2.45) is 0 Å². The molecule has 3 nitrogen and oxygen atoms in total. The molecular formula is C22H20BrF3O3. The highest BCUT2D eigenvalue weighted by Crippen LogP contribution is 2.31. The van der Waals surface area contributed by atoms with E-state index in [1.807, 2.05) is 0 Å². The van der Waals surface area contributed by atoms with Crippen molar-refractivity contribution in [1.82, 2.24) is 0 Å². The summed E-state index contributed by atoms with van der Waals surface area (Å²) in [5.41, 5.74) is -0.264. The van der Waals surface area contributed by atoms with Crippen LogP contribution in [0.25, 0.3) is 22.3 Å². The van der Waals surface area contributed by atoms with Gasteiger partial charge in [-0.05, 0) is 43.2 Å². The van der Waals surface area contributed by atoms with E-state index in [9.17, 15) is 18.0 Å². The molecule has 0 unspecified atom stereocenters. The van der Waals surface area contributed by atoms with Gasteiger partial charge in [0.1, 0.15) is 17.1 Å². The molecule has 1 aromatic heterocycles. The third-order valence-electron chi connectivity index (χ3n) is 4.49. The molecule has 0 amide bonds. The molecule has 3 rings (SSSR count). The van der Waals surface area contributed by atoms with Gasteiger partial charge >= 0.3 is 6.18 Å². The Morgan fingerprint density at radius 3 is 2.34 bits per heavy atom. The second-order valence-electron chi connectivity index (χ2n) is 6.66. The molecule has 0 atom stereocenters. The van der Waals surface area contributed by atoms with Gasteiger partial charge in [-0.25, -0.2) is 0 Å². The van der Waals surface area contributed by atoms with Crippen LogP contribution in [0.3, 0.4) is 0 Å². The van der Waals surface area contributed by atoms with Gasteiger partial charge in [-0.2, -0.15) is 13.2 Å². The van der Waals surface area contributed by atoms with Crippen molar-refractivity contribution in [2.75, 3.05) is 11.9 Å².